The molecule has 1 aromatic rings. The summed E-state index contributed by atoms with van der Waals surface area (Å²) in [5.41, 5.74) is -0.189. The average molecular weight is 190 g/mol. The van der Waals surface area contributed by atoms with Gasteiger partial charge < -0.3 is 5.11 Å². The highest BCUT2D eigenvalue weighted by molar-refractivity contribution is 5.66. The summed E-state index contributed by atoms with van der Waals surface area (Å²) in [6.45, 7) is 0.113. The van der Waals surface area contributed by atoms with Crippen LogP contribution in [-0.2, 0) is 11.3 Å². The Morgan fingerprint density at radius 1 is 1.69 bits per heavy atom. The lowest BCUT2D eigenvalue weighted by Crippen LogP contribution is -2.04. The molecular weight excluding hydrogens is 182 g/mol. The van der Waals surface area contributed by atoms with Crippen molar-refractivity contribution in [3.05, 3.63) is 18.0 Å². The number of halogens is 2. The van der Waals surface area contributed by atoms with Gasteiger partial charge in [0.1, 0.15) is 0 Å². The average Bonchev–Trinajstić information content (AvgIpc) is 2.48. The van der Waals surface area contributed by atoms with Gasteiger partial charge in [0.15, 0.2) is 0 Å². The number of aromatic nitrogens is 2. The van der Waals surface area contributed by atoms with Crippen molar-refractivity contribution in [1.29, 1.82) is 0 Å². The maximum atomic E-state index is 12.0. The van der Waals surface area contributed by atoms with Gasteiger partial charge in [-0.25, -0.2) is 8.78 Å². The van der Waals surface area contributed by atoms with E-state index in [1.807, 2.05) is 0 Å². The summed E-state index contributed by atoms with van der Waals surface area (Å²) in [5, 5.41) is 11.9. The first-order valence-electron chi connectivity index (χ1n) is 3.62. The molecule has 0 amide bonds. The number of hydrogen-bond donors (Lipinski definition) is 1. The zero-order valence-corrected chi connectivity index (χ0v) is 6.65. The van der Waals surface area contributed by atoms with Crippen molar-refractivity contribution in [3.8, 4) is 0 Å². The number of alkyl halides is 2. The molecule has 4 nitrogen and oxygen atoms in total. The molecule has 0 saturated carbocycles. The summed E-state index contributed by atoms with van der Waals surface area (Å²) >= 11 is 0. The van der Waals surface area contributed by atoms with Crippen LogP contribution in [0.4, 0.5) is 8.78 Å². The van der Waals surface area contributed by atoms with Crippen LogP contribution in [0.3, 0.4) is 0 Å². The van der Waals surface area contributed by atoms with Gasteiger partial charge in [-0.2, -0.15) is 5.10 Å². The minimum absolute atomic E-state index is 0.113. The minimum Gasteiger partial charge on any atom is -0.481 e. The Labute approximate surface area is 72.8 Å². The molecule has 0 bridgehead atoms. The molecule has 1 rings (SSSR count). The normalized spacial score (nSPS) is 10.7. The first-order valence-corrected chi connectivity index (χ1v) is 3.62. The van der Waals surface area contributed by atoms with Gasteiger partial charge in [0, 0.05) is 6.20 Å². The van der Waals surface area contributed by atoms with Crippen LogP contribution in [-0.4, -0.2) is 20.9 Å². The van der Waals surface area contributed by atoms with E-state index < -0.39 is 12.4 Å². The third-order valence-electron chi connectivity index (χ3n) is 1.46. The van der Waals surface area contributed by atoms with Crippen molar-refractivity contribution in [3.63, 3.8) is 0 Å². The highest BCUT2D eigenvalue weighted by Gasteiger charge is 2.09. The summed E-state index contributed by atoms with van der Waals surface area (Å²) in [7, 11) is 0. The van der Waals surface area contributed by atoms with Crippen LogP contribution in [0.15, 0.2) is 12.4 Å². The van der Waals surface area contributed by atoms with E-state index in [1.165, 1.54) is 4.68 Å². The quantitative estimate of drug-likeness (QED) is 0.778. The maximum Gasteiger partial charge on any atom is 0.305 e. The molecule has 0 fully saturated rings. The lowest BCUT2D eigenvalue weighted by Gasteiger charge is -1.96. The number of carboxylic acids is 1. The van der Waals surface area contributed by atoms with Gasteiger partial charge >= 0.3 is 5.97 Å². The van der Waals surface area contributed by atoms with Crippen LogP contribution in [0.2, 0.25) is 0 Å². The Morgan fingerprint density at radius 3 is 2.85 bits per heavy atom. The second kappa shape index (κ2) is 3.97. The van der Waals surface area contributed by atoms with Crippen molar-refractivity contribution >= 4 is 5.97 Å². The van der Waals surface area contributed by atoms with Crippen molar-refractivity contribution < 1.29 is 18.7 Å². The fraction of sp³-hybridized carbons (Fsp3) is 0.429. The van der Waals surface area contributed by atoms with Crippen LogP contribution in [0, 0.1) is 0 Å². The van der Waals surface area contributed by atoms with Gasteiger partial charge in [0.25, 0.3) is 6.43 Å². The number of hydrogen-bond acceptors (Lipinski definition) is 2. The summed E-state index contributed by atoms with van der Waals surface area (Å²) < 4.78 is 25.2. The van der Waals surface area contributed by atoms with Gasteiger partial charge in [-0.05, 0) is 0 Å². The van der Waals surface area contributed by atoms with Gasteiger partial charge in [-0.3, -0.25) is 9.48 Å². The van der Waals surface area contributed by atoms with Crippen LogP contribution < -0.4 is 0 Å². The number of carboxylic acid groups (broad SMARTS) is 1. The molecule has 72 valence electrons. The molecule has 13 heavy (non-hydrogen) atoms. The second-order valence-electron chi connectivity index (χ2n) is 2.48. The monoisotopic (exact) mass is 190 g/mol. The number of aryl methyl sites for hydroxylation is 1. The molecule has 0 aromatic carbocycles. The smallest absolute Gasteiger partial charge is 0.305 e. The molecule has 0 unspecified atom stereocenters. The topological polar surface area (TPSA) is 55.1 Å². The zero-order chi connectivity index (χ0) is 9.84. The lowest BCUT2D eigenvalue weighted by molar-refractivity contribution is -0.137. The molecule has 0 atom stereocenters. The summed E-state index contributed by atoms with van der Waals surface area (Å²) in [6.07, 6.45) is -0.497. The van der Waals surface area contributed by atoms with Crippen LogP contribution in [0.25, 0.3) is 0 Å². The standard InChI is InChI=1S/C7H8F2N2O2/c8-7(9)5-3-10-11(4-5)2-1-6(12)13/h3-4,7H,1-2H2,(H,12,13). The third kappa shape index (κ3) is 2.81. The zero-order valence-electron chi connectivity index (χ0n) is 6.65. The largest absolute Gasteiger partial charge is 0.481 e. The molecule has 1 heterocycles. The molecule has 6 heteroatoms. The first kappa shape index (κ1) is 9.63. The highest BCUT2D eigenvalue weighted by Crippen LogP contribution is 2.16. The van der Waals surface area contributed by atoms with Crippen LogP contribution in [0.1, 0.15) is 18.4 Å². The molecule has 1 N–H and O–H groups in total. The van der Waals surface area contributed by atoms with Gasteiger partial charge in [0.05, 0.1) is 24.7 Å². The molecule has 0 saturated heterocycles. The number of rotatable bonds is 4. The summed E-state index contributed by atoms with van der Waals surface area (Å²) in [5.74, 6) is -0.978. The van der Waals surface area contributed by atoms with E-state index in [4.69, 9.17) is 5.11 Å². The van der Waals surface area contributed by atoms with Gasteiger partial charge in [-0.1, -0.05) is 0 Å². The lowest BCUT2D eigenvalue weighted by atomic mass is 10.4. The van der Waals surface area contributed by atoms with Crippen molar-refractivity contribution in [2.45, 2.75) is 19.4 Å². The first-order chi connectivity index (χ1) is 6.09. The van der Waals surface area contributed by atoms with E-state index in [2.05, 4.69) is 5.10 Å². The van der Waals surface area contributed by atoms with E-state index in [0.29, 0.717) is 0 Å². The van der Waals surface area contributed by atoms with E-state index in [9.17, 15) is 13.6 Å². The highest BCUT2D eigenvalue weighted by atomic mass is 19.3. The molecule has 0 aliphatic heterocycles. The Kier molecular flexibility index (Phi) is 2.94. The van der Waals surface area contributed by atoms with Crippen molar-refractivity contribution in [1.82, 2.24) is 9.78 Å². The number of nitrogens with zero attached hydrogens (tertiary/aromatic N) is 2. The molecule has 0 spiro atoms. The molecule has 0 radical (unpaired) electrons. The number of carbonyl (C=O) groups is 1. The van der Waals surface area contributed by atoms with Gasteiger partial charge in [-0.15, -0.1) is 0 Å². The fourth-order valence-corrected chi connectivity index (χ4v) is 0.825. The maximum absolute atomic E-state index is 12.0. The summed E-state index contributed by atoms with van der Waals surface area (Å²) in [4.78, 5) is 10.1. The second-order valence-corrected chi connectivity index (χ2v) is 2.48. The Balaban J connectivity index is 2.54. The van der Waals surface area contributed by atoms with E-state index in [1.54, 1.807) is 0 Å². The molecule has 0 aliphatic carbocycles. The van der Waals surface area contributed by atoms with E-state index >= 15 is 0 Å². The van der Waals surface area contributed by atoms with Crippen LogP contribution >= 0.6 is 0 Å². The SMILES string of the molecule is O=C(O)CCn1cc(C(F)F)cn1. The van der Waals surface area contributed by atoms with Crippen molar-refractivity contribution in [2.75, 3.05) is 0 Å². The predicted octanol–water partition coefficient (Wildman–Crippen LogP) is 1.30. The van der Waals surface area contributed by atoms with E-state index in [-0.39, 0.29) is 18.5 Å². The minimum atomic E-state index is -2.56. The predicted molar refractivity (Wildman–Crippen MR) is 39.4 cm³/mol. The molecule has 1 aromatic heterocycles. The molecule has 0 aliphatic rings. The fourth-order valence-electron chi connectivity index (χ4n) is 0.825. The van der Waals surface area contributed by atoms with Crippen molar-refractivity contribution in [2.24, 2.45) is 0 Å². The van der Waals surface area contributed by atoms with Gasteiger partial charge in [0.2, 0.25) is 0 Å². The Morgan fingerprint density at radius 2 is 2.38 bits per heavy atom. The third-order valence-corrected chi connectivity index (χ3v) is 1.46. The number of aliphatic carboxylic acids is 1. The Hall–Kier alpha value is -1.46. The Bertz CT molecular complexity index is 298. The molecular formula is C7H8F2N2O2. The van der Waals surface area contributed by atoms with E-state index in [0.717, 1.165) is 12.4 Å². The van der Waals surface area contributed by atoms with Crippen LogP contribution in [0.5, 0.6) is 0 Å². The summed E-state index contributed by atoms with van der Waals surface area (Å²) in [6, 6.07) is 0.